The molecule has 0 bridgehead atoms. The average molecular weight is 574 g/mol. The zero-order chi connectivity index (χ0) is 29.2. The number of ether oxygens (including phenoxy) is 1. The largest absolute Gasteiger partial charge is 0.453 e. The number of fused-ring (bicyclic) bond motifs is 1. The Balaban J connectivity index is 1.21. The first kappa shape index (κ1) is 27.0. The highest BCUT2D eigenvalue weighted by atomic mass is 19.1. The molecule has 1 amide bonds. The minimum Gasteiger partial charge on any atom is -0.453 e. The molecular formula is C29H25F2N7O4. The Labute approximate surface area is 237 Å². The molecule has 4 N–H and O–H groups in total. The van der Waals surface area contributed by atoms with E-state index in [0.717, 1.165) is 30.0 Å². The fraction of sp³-hybridized carbons (Fsp3) is 0.207. The van der Waals surface area contributed by atoms with Crippen LogP contribution in [0.1, 0.15) is 29.6 Å². The lowest BCUT2D eigenvalue weighted by atomic mass is 10.1. The molecule has 1 unspecified atom stereocenters. The second kappa shape index (κ2) is 11.4. The standard InChI is InChI=1S/C29H25F2N7O4/c30-17-4-7-19(8-5-17)38-29(41)20(10-13-33-38)28(40)34-18-6-9-23(21(31)14-18)42-24-11-12-32-26-25(24)27(37-36-26)35-22-3-1-2-16(22)15-39/h4-14,16,22,39H,1-3,15H2,(H,34,40)(H2,32,35,36,37)/t16-,22?/m1/s1. The second-order valence-electron chi connectivity index (χ2n) is 9.87. The van der Waals surface area contributed by atoms with Crippen molar-refractivity contribution in [2.75, 3.05) is 17.2 Å². The van der Waals surface area contributed by atoms with Crippen LogP contribution in [-0.4, -0.2) is 48.6 Å². The van der Waals surface area contributed by atoms with Crippen LogP contribution >= 0.6 is 0 Å². The summed E-state index contributed by atoms with van der Waals surface area (Å²) in [5.74, 6) is -1.21. The third kappa shape index (κ3) is 5.29. The first-order valence-electron chi connectivity index (χ1n) is 13.2. The molecule has 214 valence electrons. The summed E-state index contributed by atoms with van der Waals surface area (Å²) in [5, 5.41) is 27.2. The van der Waals surface area contributed by atoms with Crippen LogP contribution in [0.5, 0.6) is 11.5 Å². The van der Waals surface area contributed by atoms with Crippen molar-refractivity contribution >= 4 is 28.4 Å². The van der Waals surface area contributed by atoms with Crippen molar-refractivity contribution in [2.45, 2.75) is 25.3 Å². The van der Waals surface area contributed by atoms with Gasteiger partial charge < -0.3 is 20.5 Å². The van der Waals surface area contributed by atoms with E-state index in [4.69, 9.17) is 4.74 Å². The molecule has 1 aliphatic rings. The monoisotopic (exact) mass is 573 g/mol. The number of amides is 1. The van der Waals surface area contributed by atoms with E-state index in [9.17, 15) is 19.1 Å². The van der Waals surface area contributed by atoms with Gasteiger partial charge in [0.15, 0.2) is 23.0 Å². The normalized spacial score (nSPS) is 16.5. The highest BCUT2D eigenvalue weighted by Gasteiger charge is 2.28. The lowest BCUT2D eigenvalue weighted by molar-refractivity contribution is 0.102. The Bertz CT molecular complexity index is 1820. The molecule has 13 heteroatoms. The van der Waals surface area contributed by atoms with Gasteiger partial charge in [0.25, 0.3) is 11.5 Å². The Morgan fingerprint density at radius 3 is 2.69 bits per heavy atom. The molecule has 11 nitrogen and oxygen atoms in total. The van der Waals surface area contributed by atoms with E-state index < -0.39 is 23.1 Å². The van der Waals surface area contributed by atoms with Gasteiger partial charge in [0.05, 0.1) is 5.69 Å². The fourth-order valence-electron chi connectivity index (χ4n) is 5.06. The molecule has 1 saturated carbocycles. The Hall–Kier alpha value is -5.17. The van der Waals surface area contributed by atoms with Crippen LogP contribution in [0, 0.1) is 17.6 Å². The third-order valence-electron chi connectivity index (χ3n) is 7.21. The number of nitrogens with one attached hydrogen (secondary N) is 3. The fourth-order valence-corrected chi connectivity index (χ4v) is 5.06. The number of hydrogen-bond acceptors (Lipinski definition) is 8. The average Bonchev–Trinajstić information content (AvgIpc) is 3.62. The van der Waals surface area contributed by atoms with Crippen LogP contribution in [0.3, 0.4) is 0 Å². The number of carbonyl (C=O) groups is 1. The number of hydrogen-bond donors (Lipinski definition) is 4. The van der Waals surface area contributed by atoms with Gasteiger partial charge >= 0.3 is 0 Å². The van der Waals surface area contributed by atoms with Crippen LogP contribution in [0.2, 0.25) is 0 Å². The lowest BCUT2D eigenvalue weighted by Gasteiger charge is -2.19. The number of aromatic nitrogens is 5. The minimum atomic E-state index is -0.774. The van der Waals surface area contributed by atoms with Crippen molar-refractivity contribution in [3.8, 4) is 17.2 Å². The van der Waals surface area contributed by atoms with E-state index in [2.05, 4.69) is 30.9 Å². The number of pyridine rings is 1. The molecule has 5 aromatic rings. The number of halogens is 2. The Kier molecular flexibility index (Phi) is 7.32. The number of anilines is 2. The summed E-state index contributed by atoms with van der Waals surface area (Å²) in [6, 6.07) is 11.8. The molecule has 3 aromatic heterocycles. The summed E-state index contributed by atoms with van der Waals surface area (Å²) < 4.78 is 35.3. The number of aliphatic hydroxyl groups excluding tert-OH is 1. The zero-order valence-electron chi connectivity index (χ0n) is 22.1. The summed E-state index contributed by atoms with van der Waals surface area (Å²) in [6.45, 7) is 0.0707. The first-order chi connectivity index (χ1) is 20.4. The highest BCUT2D eigenvalue weighted by molar-refractivity contribution is 6.04. The topological polar surface area (TPSA) is 147 Å². The van der Waals surface area contributed by atoms with E-state index in [1.54, 1.807) is 6.07 Å². The quantitative estimate of drug-likeness (QED) is 0.214. The van der Waals surface area contributed by atoms with Crippen LogP contribution in [-0.2, 0) is 0 Å². The van der Waals surface area contributed by atoms with Gasteiger partial charge in [-0.2, -0.15) is 14.9 Å². The maximum atomic E-state index is 15.2. The molecule has 42 heavy (non-hydrogen) atoms. The highest BCUT2D eigenvalue weighted by Crippen LogP contribution is 2.36. The number of aromatic amines is 1. The van der Waals surface area contributed by atoms with Gasteiger partial charge in [-0.1, -0.05) is 6.42 Å². The van der Waals surface area contributed by atoms with Crippen molar-refractivity contribution in [1.29, 1.82) is 0 Å². The zero-order valence-corrected chi connectivity index (χ0v) is 22.1. The van der Waals surface area contributed by atoms with E-state index in [1.807, 2.05) is 0 Å². The Morgan fingerprint density at radius 1 is 1.07 bits per heavy atom. The number of carbonyl (C=O) groups excluding carboxylic acids is 1. The summed E-state index contributed by atoms with van der Waals surface area (Å²) in [7, 11) is 0. The lowest BCUT2D eigenvalue weighted by Crippen LogP contribution is -2.29. The van der Waals surface area contributed by atoms with Gasteiger partial charge in [-0.05, 0) is 55.3 Å². The number of rotatable bonds is 8. The summed E-state index contributed by atoms with van der Waals surface area (Å²) in [6.07, 6.45) is 5.57. The van der Waals surface area contributed by atoms with Crippen molar-refractivity contribution in [1.82, 2.24) is 25.0 Å². The van der Waals surface area contributed by atoms with Gasteiger partial charge in [-0.15, -0.1) is 0 Å². The number of aliphatic hydroxyl groups is 1. The predicted octanol–water partition coefficient (Wildman–Crippen LogP) is 4.40. The number of benzene rings is 2. The molecule has 3 heterocycles. The molecule has 6 rings (SSSR count). The van der Waals surface area contributed by atoms with Gasteiger partial charge in [0.2, 0.25) is 0 Å². The molecule has 0 aliphatic heterocycles. The Morgan fingerprint density at radius 2 is 1.90 bits per heavy atom. The molecule has 0 radical (unpaired) electrons. The number of nitrogens with zero attached hydrogens (tertiary/aromatic N) is 4. The second-order valence-corrected chi connectivity index (χ2v) is 9.87. The maximum Gasteiger partial charge on any atom is 0.284 e. The van der Waals surface area contributed by atoms with Crippen LogP contribution in [0.25, 0.3) is 16.7 Å². The first-order valence-corrected chi connectivity index (χ1v) is 13.2. The van der Waals surface area contributed by atoms with Crippen LogP contribution < -0.4 is 20.9 Å². The molecule has 0 saturated heterocycles. The SMILES string of the molecule is O=C(Nc1ccc(Oc2ccnc3[nH]nc(NC4CCC[C@@H]4CO)c23)c(F)c1)c1ccnn(-c2ccc(F)cc2)c1=O. The molecule has 0 spiro atoms. The van der Waals surface area contributed by atoms with Crippen molar-refractivity contribution in [3.63, 3.8) is 0 Å². The van der Waals surface area contributed by atoms with Gasteiger partial charge in [0.1, 0.15) is 22.5 Å². The third-order valence-corrected chi connectivity index (χ3v) is 7.21. The van der Waals surface area contributed by atoms with E-state index in [1.165, 1.54) is 54.9 Å². The van der Waals surface area contributed by atoms with Gasteiger partial charge in [-0.3, -0.25) is 14.7 Å². The smallest absolute Gasteiger partial charge is 0.284 e. The summed E-state index contributed by atoms with van der Waals surface area (Å²) in [5.41, 5.74) is -0.143. The van der Waals surface area contributed by atoms with Crippen molar-refractivity contribution in [3.05, 3.63) is 94.5 Å². The minimum absolute atomic E-state index is 0.0365. The predicted molar refractivity (Wildman–Crippen MR) is 150 cm³/mol. The van der Waals surface area contributed by atoms with Crippen molar-refractivity contribution < 1.29 is 23.4 Å². The van der Waals surface area contributed by atoms with E-state index >= 15 is 4.39 Å². The van der Waals surface area contributed by atoms with E-state index in [0.29, 0.717) is 22.6 Å². The molecular weight excluding hydrogens is 548 g/mol. The van der Waals surface area contributed by atoms with Crippen LogP contribution in [0.15, 0.2) is 71.8 Å². The number of H-pyrrole nitrogens is 1. The van der Waals surface area contributed by atoms with Gasteiger partial charge in [-0.25, -0.2) is 13.8 Å². The van der Waals surface area contributed by atoms with Crippen LogP contribution in [0.4, 0.5) is 20.3 Å². The summed E-state index contributed by atoms with van der Waals surface area (Å²) in [4.78, 5) is 30.1. The summed E-state index contributed by atoms with van der Waals surface area (Å²) >= 11 is 0. The molecule has 2 aromatic carbocycles. The molecule has 2 atom stereocenters. The van der Waals surface area contributed by atoms with Crippen molar-refractivity contribution in [2.24, 2.45) is 5.92 Å². The molecule has 1 fully saturated rings. The van der Waals surface area contributed by atoms with E-state index in [-0.39, 0.29) is 41.3 Å². The maximum absolute atomic E-state index is 15.2. The molecule has 1 aliphatic carbocycles. The van der Waals surface area contributed by atoms with Gasteiger partial charge in [0, 0.05) is 48.8 Å².